The van der Waals surface area contributed by atoms with E-state index in [1.165, 1.54) is 0 Å². The van der Waals surface area contributed by atoms with Gasteiger partial charge in [0, 0.05) is 0 Å². The monoisotopic (exact) mass is 234 g/mol. The first kappa shape index (κ1) is 11.6. The van der Waals surface area contributed by atoms with Crippen LogP contribution in [0.1, 0.15) is 6.92 Å². The SMILES string of the molecule is CCOP(=O)(Cl)c1cccc(OC)c1. The van der Waals surface area contributed by atoms with Crippen LogP contribution in [0.3, 0.4) is 0 Å². The topological polar surface area (TPSA) is 35.5 Å². The Bertz CT molecular complexity index is 354. The maximum absolute atomic E-state index is 11.8. The molecule has 0 N–H and O–H groups in total. The second kappa shape index (κ2) is 4.83. The van der Waals surface area contributed by atoms with Crippen LogP contribution < -0.4 is 10.0 Å². The highest BCUT2D eigenvalue weighted by atomic mass is 35.7. The van der Waals surface area contributed by atoms with Crippen LogP contribution in [-0.2, 0) is 9.09 Å². The van der Waals surface area contributed by atoms with E-state index in [1.54, 1.807) is 38.3 Å². The van der Waals surface area contributed by atoms with Crippen molar-refractivity contribution in [3.63, 3.8) is 0 Å². The quantitative estimate of drug-likeness (QED) is 0.752. The molecule has 0 heterocycles. The lowest BCUT2D eigenvalue weighted by Crippen LogP contribution is -2.03. The van der Waals surface area contributed by atoms with Gasteiger partial charge in [-0.25, -0.2) is 0 Å². The lowest BCUT2D eigenvalue weighted by Gasteiger charge is -2.10. The van der Waals surface area contributed by atoms with Gasteiger partial charge in [0.15, 0.2) is 0 Å². The highest BCUT2D eigenvalue weighted by Gasteiger charge is 2.22. The molecule has 0 fully saturated rings. The second-order valence-corrected chi connectivity index (χ2v) is 5.67. The zero-order chi connectivity index (χ0) is 10.6. The first-order valence-corrected chi connectivity index (χ1v) is 6.72. The number of ether oxygens (including phenoxy) is 1. The maximum atomic E-state index is 11.8. The summed E-state index contributed by atoms with van der Waals surface area (Å²) in [7, 11) is 1.54. The van der Waals surface area contributed by atoms with Crippen molar-refractivity contribution < 1.29 is 13.8 Å². The molecule has 78 valence electrons. The van der Waals surface area contributed by atoms with Crippen molar-refractivity contribution >= 4 is 23.3 Å². The lowest BCUT2D eigenvalue weighted by atomic mass is 10.3. The molecule has 0 aliphatic heterocycles. The molecule has 1 aromatic carbocycles. The van der Waals surface area contributed by atoms with Crippen molar-refractivity contribution in [2.75, 3.05) is 13.7 Å². The minimum atomic E-state index is -3.19. The average molecular weight is 235 g/mol. The van der Waals surface area contributed by atoms with E-state index in [-0.39, 0.29) is 0 Å². The normalized spacial score (nSPS) is 14.8. The van der Waals surface area contributed by atoms with E-state index in [4.69, 9.17) is 20.5 Å². The van der Waals surface area contributed by atoms with Crippen molar-refractivity contribution in [1.29, 1.82) is 0 Å². The third-order valence-electron chi connectivity index (χ3n) is 1.66. The van der Waals surface area contributed by atoms with Gasteiger partial charge in [0.05, 0.1) is 19.0 Å². The summed E-state index contributed by atoms with van der Waals surface area (Å²) in [6, 6.07) is 6.75. The molecule has 0 radical (unpaired) electrons. The number of hydrogen-bond acceptors (Lipinski definition) is 3. The number of methoxy groups -OCH3 is 1. The Balaban J connectivity index is 3.00. The first-order valence-electron chi connectivity index (χ1n) is 4.19. The van der Waals surface area contributed by atoms with E-state index in [0.29, 0.717) is 17.7 Å². The smallest absolute Gasteiger partial charge is 0.319 e. The predicted molar refractivity (Wildman–Crippen MR) is 57.7 cm³/mol. The molecule has 14 heavy (non-hydrogen) atoms. The molecule has 0 saturated heterocycles. The molecule has 5 heteroatoms. The Labute approximate surface area is 88.2 Å². The van der Waals surface area contributed by atoms with Gasteiger partial charge in [-0.05, 0) is 36.4 Å². The molecule has 0 saturated carbocycles. The fourth-order valence-electron chi connectivity index (χ4n) is 1.02. The van der Waals surface area contributed by atoms with E-state index in [9.17, 15) is 4.57 Å². The van der Waals surface area contributed by atoms with E-state index < -0.39 is 6.72 Å². The second-order valence-electron chi connectivity index (χ2n) is 2.60. The highest BCUT2D eigenvalue weighted by Crippen LogP contribution is 2.51. The fourth-order valence-corrected chi connectivity index (χ4v) is 2.65. The van der Waals surface area contributed by atoms with Gasteiger partial charge in [0.25, 0.3) is 0 Å². The molecule has 0 aliphatic carbocycles. The van der Waals surface area contributed by atoms with Crippen LogP contribution in [0.15, 0.2) is 24.3 Å². The third kappa shape index (κ3) is 2.74. The van der Waals surface area contributed by atoms with Crippen molar-refractivity contribution in [2.24, 2.45) is 0 Å². The molecule has 0 aromatic heterocycles. The molecule has 1 rings (SSSR count). The lowest BCUT2D eigenvalue weighted by molar-refractivity contribution is 0.351. The van der Waals surface area contributed by atoms with Crippen LogP contribution in [0, 0.1) is 0 Å². The van der Waals surface area contributed by atoms with Gasteiger partial charge < -0.3 is 9.26 Å². The van der Waals surface area contributed by atoms with Crippen molar-refractivity contribution in [2.45, 2.75) is 6.92 Å². The summed E-state index contributed by atoms with van der Waals surface area (Å²) in [4.78, 5) is 0. The Morgan fingerprint density at radius 3 is 2.79 bits per heavy atom. The minimum absolute atomic E-state index is 0.317. The van der Waals surface area contributed by atoms with Gasteiger partial charge in [-0.1, -0.05) is 6.07 Å². The Kier molecular flexibility index (Phi) is 3.99. The van der Waals surface area contributed by atoms with Crippen molar-refractivity contribution in [3.05, 3.63) is 24.3 Å². The summed E-state index contributed by atoms with van der Waals surface area (Å²) < 4.78 is 21.7. The molecule has 0 amide bonds. The molecule has 3 nitrogen and oxygen atoms in total. The summed E-state index contributed by atoms with van der Waals surface area (Å²) in [5.74, 6) is 0.614. The molecule has 0 aliphatic rings. The number of benzene rings is 1. The van der Waals surface area contributed by atoms with Crippen LogP contribution >= 0.6 is 18.0 Å². The minimum Gasteiger partial charge on any atom is -0.497 e. The third-order valence-corrected chi connectivity index (χ3v) is 4.02. The molecule has 1 aromatic rings. The van der Waals surface area contributed by atoms with E-state index in [1.807, 2.05) is 0 Å². The first-order chi connectivity index (χ1) is 6.60. The van der Waals surface area contributed by atoms with Crippen molar-refractivity contribution in [3.8, 4) is 5.75 Å². The van der Waals surface area contributed by atoms with Gasteiger partial charge in [-0.2, -0.15) is 0 Å². The molecule has 0 bridgehead atoms. The zero-order valence-corrected chi connectivity index (χ0v) is 9.72. The van der Waals surface area contributed by atoms with Gasteiger partial charge in [-0.15, -0.1) is 0 Å². The maximum Gasteiger partial charge on any atom is 0.319 e. The van der Waals surface area contributed by atoms with Crippen LogP contribution in [0.25, 0.3) is 0 Å². The van der Waals surface area contributed by atoms with E-state index in [2.05, 4.69) is 0 Å². The Hall–Kier alpha value is -0.500. The summed E-state index contributed by atoms with van der Waals surface area (Å²) in [6.07, 6.45) is 0. The molecule has 1 unspecified atom stereocenters. The fraction of sp³-hybridized carbons (Fsp3) is 0.333. The van der Waals surface area contributed by atoms with Crippen LogP contribution in [0.2, 0.25) is 0 Å². The molecule has 1 atom stereocenters. The summed E-state index contributed by atoms with van der Waals surface area (Å²) in [5, 5.41) is 0.459. The number of hydrogen-bond donors (Lipinski definition) is 0. The van der Waals surface area contributed by atoms with Crippen LogP contribution in [0.4, 0.5) is 0 Å². The predicted octanol–water partition coefficient (Wildman–Crippen LogP) is 2.79. The summed E-state index contributed by atoms with van der Waals surface area (Å²) in [6.45, 7) is -1.13. The molecule has 0 spiro atoms. The highest BCUT2D eigenvalue weighted by molar-refractivity contribution is 7.91. The van der Waals surface area contributed by atoms with Crippen molar-refractivity contribution in [1.82, 2.24) is 0 Å². The van der Waals surface area contributed by atoms with E-state index >= 15 is 0 Å². The Morgan fingerprint density at radius 1 is 1.50 bits per heavy atom. The molecular weight excluding hydrogens is 223 g/mol. The summed E-state index contributed by atoms with van der Waals surface area (Å²) >= 11 is 5.77. The number of rotatable bonds is 4. The van der Waals surface area contributed by atoms with Gasteiger partial charge in [0.1, 0.15) is 5.75 Å². The standard InChI is InChI=1S/C9H12ClO3P/c1-3-13-14(10,11)9-6-4-5-8(7-9)12-2/h4-7H,3H2,1-2H3. The van der Waals surface area contributed by atoms with Crippen LogP contribution in [0.5, 0.6) is 5.75 Å². The number of halogens is 1. The largest absolute Gasteiger partial charge is 0.497 e. The average Bonchev–Trinajstić information content (AvgIpc) is 2.18. The molecular formula is C9H12ClO3P. The zero-order valence-electron chi connectivity index (χ0n) is 8.07. The van der Waals surface area contributed by atoms with E-state index in [0.717, 1.165) is 0 Å². The van der Waals surface area contributed by atoms with Gasteiger partial charge in [-0.3, -0.25) is 4.57 Å². The van der Waals surface area contributed by atoms with Gasteiger partial charge in [0.2, 0.25) is 0 Å². The summed E-state index contributed by atoms with van der Waals surface area (Å²) in [5.41, 5.74) is 0. The van der Waals surface area contributed by atoms with Gasteiger partial charge >= 0.3 is 6.72 Å². The van der Waals surface area contributed by atoms with Crippen LogP contribution in [-0.4, -0.2) is 13.7 Å². The Morgan fingerprint density at radius 2 is 2.21 bits per heavy atom.